The minimum absolute atomic E-state index is 0.0314. The topological polar surface area (TPSA) is 73.8 Å². The molecule has 2 N–H and O–H groups in total. The molecule has 0 amide bonds. The van der Waals surface area contributed by atoms with Crippen LogP contribution in [0.15, 0.2) is 40.6 Å². The van der Waals surface area contributed by atoms with E-state index < -0.39 is 29.0 Å². The molecular formula is C26H22Cl2F6N4OS2. The third-order valence-electron chi connectivity index (χ3n) is 5.39. The number of benzene rings is 2. The molecule has 0 aliphatic carbocycles. The average molecular weight is 656 g/mol. The van der Waals surface area contributed by atoms with Crippen LogP contribution < -0.4 is 5.73 Å². The van der Waals surface area contributed by atoms with Gasteiger partial charge in [0.1, 0.15) is 5.69 Å². The lowest BCUT2D eigenvalue weighted by atomic mass is 9.97. The summed E-state index contributed by atoms with van der Waals surface area (Å²) >= 11 is 14.9. The first-order valence-corrected chi connectivity index (χ1v) is 14.1. The molecule has 0 saturated heterocycles. The molecule has 41 heavy (non-hydrogen) atoms. The lowest BCUT2D eigenvalue weighted by Crippen LogP contribution is -2.11. The highest BCUT2D eigenvalue weighted by Gasteiger charge is 2.37. The van der Waals surface area contributed by atoms with E-state index in [1.165, 1.54) is 25.7 Å². The number of alkyl halides is 6. The summed E-state index contributed by atoms with van der Waals surface area (Å²) in [7, 11) is 1.50. The number of aryl methyl sites for hydroxylation is 1. The van der Waals surface area contributed by atoms with Gasteiger partial charge in [0.25, 0.3) is 0 Å². The van der Waals surface area contributed by atoms with Gasteiger partial charge in [0.05, 0.1) is 36.8 Å². The van der Waals surface area contributed by atoms with Gasteiger partial charge in [-0.3, -0.25) is 4.79 Å². The second kappa shape index (κ2) is 12.7. The van der Waals surface area contributed by atoms with E-state index in [9.17, 15) is 31.1 Å². The molecule has 15 heteroatoms. The maximum atomic E-state index is 13.5. The molecule has 0 aliphatic rings. The normalized spacial score (nSPS) is 12.0. The highest BCUT2D eigenvalue weighted by atomic mass is 35.5. The van der Waals surface area contributed by atoms with Crippen LogP contribution in [0.3, 0.4) is 0 Å². The second-order valence-corrected chi connectivity index (χ2v) is 12.2. The molecule has 0 fully saturated rings. The number of carbonyl (C=O) groups excluding carboxylic acids is 1. The zero-order valence-corrected chi connectivity index (χ0v) is 24.9. The van der Waals surface area contributed by atoms with Gasteiger partial charge in [-0.15, -0.1) is 11.8 Å². The molecule has 2 heterocycles. The molecule has 0 radical (unpaired) electrons. The molecular weight excluding hydrogens is 633 g/mol. The van der Waals surface area contributed by atoms with Crippen molar-refractivity contribution in [2.75, 3.05) is 7.05 Å². The van der Waals surface area contributed by atoms with Crippen molar-refractivity contribution >= 4 is 52.6 Å². The molecule has 0 aliphatic heterocycles. The minimum atomic E-state index is -5.05. The standard InChI is InChI=1S/C25H17Cl2F6N3OS2.CH5N/c1-11(2)38-22-21(13-4-5-17(26)18(27)8-13)34-23(39-22)36-19(10-37)20(12(3)35-36)14-6-15(24(28,29)30)9-16(7-14)25(31,32)33;1-2/h4-11H,1-3H3;2H2,1H3. The summed E-state index contributed by atoms with van der Waals surface area (Å²) in [5, 5.41) is 5.24. The molecule has 5 nitrogen and oxygen atoms in total. The minimum Gasteiger partial charge on any atom is -0.333 e. The maximum absolute atomic E-state index is 13.5. The summed E-state index contributed by atoms with van der Waals surface area (Å²) in [4.78, 5) is 16.9. The van der Waals surface area contributed by atoms with Crippen LogP contribution in [0.5, 0.6) is 0 Å². The van der Waals surface area contributed by atoms with Crippen molar-refractivity contribution in [1.29, 1.82) is 0 Å². The molecule has 0 atom stereocenters. The largest absolute Gasteiger partial charge is 0.416 e. The van der Waals surface area contributed by atoms with Crippen LogP contribution in [0.1, 0.15) is 41.2 Å². The lowest BCUT2D eigenvalue weighted by molar-refractivity contribution is -0.143. The van der Waals surface area contributed by atoms with Gasteiger partial charge in [-0.25, -0.2) is 9.67 Å². The maximum Gasteiger partial charge on any atom is 0.416 e. The Labute approximate surface area is 249 Å². The summed E-state index contributed by atoms with van der Waals surface area (Å²) in [6.45, 7) is 5.31. The van der Waals surface area contributed by atoms with E-state index in [1.807, 2.05) is 13.8 Å². The van der Waals surface area contributed by atoms with E-state index in [0.717, 1.165) is 20.2 Å². The number of rotatable bonds is 6. The van der Waals surface area contributed by atoms with E-state index >= 15 is 0 Å². The fourth-order valence-corrected chi connectivity index (χ4v) is 6.54. The van der Waals surface area contributed by atoms with Crippen molar-refractivity contribution in [2.24, 2.45) is 5.73 Å². The monoisotopic (exact) mass is 654 g/mol. The zero-order chi connectivity index (χ0) is 30.9. The van der Waals surface area contributed by atoms with Crippen LogP contribution in [0.25, 0.3) is 27.5 Å². The van der Waals surface area contributed by atoms with Crippen LogP contribution in [-0.4, -0.2) is 33.3 Å². The zero-order valence-electron chi connectivity index (χ0n) is 21.8. The fraction of sp³-hybridized carbons (Fsp3) is 0.269. The summed E-state index contributed by atoms with van der Waals surface area (Å²) in [6.07, 6.45) is -9.76. The van der Waals surface area contributed by atoms with E-state index in [-0.39, 0.29) is 33.4 Å². The van der Waals surface area contributed by atoms with Gasteiger partial charge in [-0.05, 0) is 49.9 Å². The summed E-state index contributed by atoms with van der Waals surface area (Å²) < 4.78 is 82.8. The van der Waals surface area contributed by atoms with Gasteiger partial charge in [0, 0.05) is 16.4 Å². The third-order valence-corrected chi connectivity index (χ3v) is 8.37. The van der Waals surface area contributed by atoms with Crippen molar-refractivity contribution < 1.29 is 31.1 Å². The van der Waals surface area contributed by atoms with Crippen LogP contribution in [0, 0.1) is 6.92 Å². The Balaban J connectivity index is 0.00000226. The first-order chi connectivity index (χ1) is 19.1. The highest BCUT2D eigenvalue weighted by molar-refractivity contribution is 8.01. The summed E-state index contributed by atoms with van der Waals surface area (Å²) in [5.74, 6) is 0. The summed E-state index contributed by atoms with van der Waals surface area (Å²) in [6, 6.07) is 6.09. The van der Waals surface area contributed by atoms with Gasteiger partial charge in [0.2, 0.25) is 5.13 Å². The SMILES string of the molecule is CN.Cc1nn(-c2nc(-c3ccc(Cl)c(Cl)c3)c(SC(C)C)s2)c(C=O)c1-c1cc(C(F)(F)F)cc(C(F)(F)F)c1. The second-order valence-electron chi connectivity index (χ2n) is 8.60. The van der Waals surface area contributed by atoms with Crippen LogP contribution in [-0.2, 0) is 12.4 Å². The Bertz CT molecular complexity index is 1530. The fourth-order valence-electron chi connectivity index (χ4n) is 3.76. The molecule has 4 rings (SSSR count). The number of nitrogens with zero attached hydrogens (tertiary/aromatic N) is 3. The third kappa shape index (κ3) is 7.26. The Hall–Kier alpha value is -2.58. The van der Waals surface area contributed by atoms with Gasteiger partial charge in [0.15, 0.2) is 6.29 Å². The molecule has 0 spiro atoms. The first kappa shape index (κ1) is 32.9. The van der Waals surface area contributed by atoms with Gasteiger partial charge >= 0.3 is 12.4 Å². The number of hydrogen-bond acceptors (Lipinski definition) is 6. The number of thioether (sulfide) groups is 1. The number of hydrogen-bond donors (Lipinski definition) is 1. The number of nitrogens with two attached hydrogens (primary N) is 1. The van der Waals surface area contributed by atoms with Gasteiger partial charge in [-0.1, -0.05) is 54.5 Å². The Morgan fingerprint density at radius 1 is 0.951 bits per heavy atom. The number of carbonyl (C=O) groups is 1. The Kier molecular flexibility index (Phi) is 10.2. The van der Waals surface area contributed by atoms with Crippen molar-refractivity contribution in [2.45, 2.75) is 42.6 Å². The predicted octanol–water partition coefficient (Wildman–Crippen LogP) is 9.20. The predicted molar refractivity (Wildman–Crippen MR) is 151 cm³/mol. The van der Waals surface area contributed by atoms with Crippen molar-refractivity contribution in [3.05, 3.63) is 69.0 Å². The van der Waals surface area contributed by atoms with Gasteiger partial charge in [-0.2, -0.15) is 31.4 Å². The first-order valence-electron chi connectivity index (χ1n) is 11.7. The van der Waals surface area contributed by atoms with Crippen molar-refractivity contribution in [3.63, 3.8) is 0 Å². The average Bonchev–Trinajstić information content (AvgIpc) is 3.45. The van der Waals surface area contributed by atoms with Crippen LogP contribution >= 0.6 is 46.3 Å². The van der Waals surface area contributed by atoms with Crippen LogP contribution in [0.4, 0.5) is 26.3 Å². The van der Waals surface area contributed by atoms with E-state index in [2.05, 4.69) is 15.8 Å². The smallest absolute Gasteiger partial charge is 0.333 e. The number of thiazole rings is 1. The number of halogens is 8. The quantitative estimate of drug-likeness (QED) is 0.127. The Morgan fingerprint density at radius 3 is 2.02 bits per heavy atom. The molecule has 2 aromatic heterocycles. The molecule has 0 unspecified atom stereocenters. The molecule has 0 bridgehead atoms. The number of aldehydes is 1. The van der Waals surface area contributed by atoms with Crippen LogP contribution in [0.2, 0.25) is 10.0 Å². The molecule has 4 aromatic rings. The van der Waals surface area contributed by atoms with E-state index in [4.69, 9.17) is 23.2 Å². The summed E-state index contributed by atoms with van der Waals surface area (Å²) in [5.41, 5.74) is 1.85. The van der Waals surface area contributed by atoms with E-state index in [1.54, 1.807) is 18.2 Å². The number of aromatic nitrogens is 3. The molecule has 0 saturated carbocycles. The Morgan fingerprint density at radius 2 is 1.54 bits per heavy atom. The molecule has 220 valence electrons. The van der Waals surface area contributed by atoms with Crippen molar-refractivity contribution in [1.82, 2.24) is 14.8 Å². The van der Waals surface area contributed by atoms with E-state index in [0.29, 0.717) is 39.7 Å². The van der Waals surface area contributed by atoms with Crippen molar-refractivity contribution in [3.8, 4) is 27.5 Å². The lowest BCUT2D eigenvalue weighted by Gasteiger charge is -2.14. The molecule has 2 aromatic carbocycles. The highest BCUT2D eigenvalue weighted by Crippen LogP contribution is 2.43. The van der Waals surface area contributed by atoms with Gasteiger partial charge < -0.3 is 5.73 Å².